The number of anilines is 1. The number of epoxide rings is 1. The lowest BCUT2D eigenvalue weighted by Gasteiger charge is -2.39. The molecule has 1 spiro atoms. The first-order valence-electron chi connectivity index (χ1n) is 30.9. The summed E-state index contributed by atoms with van der Waals surface area (Å²) in [6.45, 7) is 13.3. The minimum Gasteiger partial charge on any atom is -0.459 e. The highest BCUT2D eigenvalue weighted by molar-refractivity contribution is 5.98. The molecule has 5 aliphatic rings. The number of nitrogens with two attached hydrogens (primary N) is 1. The lowest BCUT2D eigenvalue weighted by atomic mass is 9.87. The Balaban J connectivity index is 0.880. The van der Waals surface area contributed by atoms with Crippen molar-refractivity contribution >= 4 is 59.2 Å². The van der Waals surface area contributed by atoms with Crippen LogP contribution in [0.15, 0.2) is 72.4 Å². The Hall–Kier alpha value is -7.19. The Morgan fingerprint density at radius 1 is 0.864 bits per heavy atom. The molecule has 4 heterocycles. The topological polar surface area (TPSA) is 357 Å². The lowest BCUT2D eigenvalue weighted by molar-refractivity contribution is -0.146. The second-order valence-corrected chi connectivity index (χ2v) is 24.3. The van der Waals surface area contributed by atoms with Gasteiger partial charge in [-0.25, -0.2) is 9.59 Å². The fraction of sp³-hybridized carbons (Fsp3) is 0.635. The molecular formula is C63H93N9O16. The van der Waals surface area contributed by atoms with E-state index in [1.807, 2.05) is 26.0 Å². The first-order valence-corrected chi connectivity index (χ1v) is 30.9. The minimum atomic E-state index is -1.05. The summed E-state index contributed by atoms with van der Waals surface area (Å²) in [6.07, 6.45) is 13.6. The summed E-state index contributed by atoms with van der Waals surface area (Å²) in [5.74, 6) is -2.77. The van der Waals surface area contributed by atoms with Gasteiger partial charge in [0.25, 0.3) is 0 Å². The van der Waals surface area contributed by atoms with Crippen molar-refractivity contribution < 1.29 is 77.0 Å². The number of hydrogen-bond acceptors (Lipinski definition) is 16. The number of esters is 1. The number of hydrogen-bond donors (Lipinski definition) is 10. The molecule has 12 atom stereocenters. The van der Waals surface area contributed by atoms with Gasteiger partial charge in [0.15, 0.2) is 0 Å². The summed E-state index contributed by atoms with van der Waals surface area (Å²) in [5, 5.41) is 41.0. The number of benzene rings is 1. The van der Waals surface area contributed by atoms with Gasteiger partial charge in [0, 0.05) is 62.8 Å². The van der Waals surface area contributed by atoms with E-state index in [4.69, 9.17) is 29.4 Å². The van der Waals surface area contributed by atoms with Crippen LogP contribution in [0.4, 0.5) is 15.3 Å². The van der Waals surface area contributed by atoms with Crippen molar-refractivity contribution in [2.75, 3.05) is 25.0 Å². The molecule has 25 nitrogen and oxygen atoms in total. The average Bonchev–Trinajstić information content (AvgIpc) is 1.69. The van der Waals surface area contributed by atoms with Gasteiger partial charge < -0.3 is 81.7 Å². The van der Waals surface area contributed by atoms with Gasteiger partial charge in [-0.3, -0.25) is 33.6 Å². The summed E-state index contributed by atoms with van der Waals surface area (Å²) in [6, 6.07) is 3.45. The largest absolute Gasteiger partial charge is 0.459 e. The highest BCUT2D eigenvalue weighted by atomic mass is 16.6. The zero-order valence-electron chi connectivity index (χ0n) is 51.8. The molecule has 25 heteroatoms. The van der Waals surface area contributed by atoms with E-state index in [0.717, 1.165) is 12.0 Å². The number of primary amides is 1. The third-order valence-electron chi connectivity index (χ3n) is 16.5. The van der Waals surface area contributed by atoms with Crippen LogP contribution in [-0.4, -0.2) is 167 Å². The zero-order chi connectivity index (χ0) is 64.1. The second kappa shape index (κ2) is 34.0. The number of nitrogens with zero attached hydrogens (tertiary/aromatic N) is 1. The number of rotatable bonds is 30. The number of unbranched alkanes of at least 4 members (excludes halogenated alkanes) is 2. The predicted octanol–water partition coefficient (Wildman–Crippen LogP) is 4.01. The van der Waals surface area contributed by atoms with Crippen molar-refractivity contribution in [2.24, 2.45) is 17.6 Å². The predicted molar refractivity (Wildman–Crippen MR) is 324 cm³/mol. The Kier molecular flexibility index (Phi) is 27.0. The van der Waals surface area contributed by atoms with Crippen LogP contribution >= 0.6 is 0 Å². The molecule has 4 fully saturated rings. The van der Waals surface area contributed by atoms with Crippen molar-refractivity contribution in [1.82, 2.24) is 36.8 Å². The Morgan fingerprint density at radius 3 is 2.22 bits per heavy atom. The molecule has 0 bridgehead atoms. The van der Waals surface area contributed by atoms with Gasteiger partial charge in [-0.1, -0.05) is 63.1 Å². The van der Waals surface area contributed by atoms with Gasteiger partial charge in [0.1, 0.15) is 48.8 Å². The van der Waals surface area contributed by atoms with Crippen LogP contribution in [0.3, 0.4) is 0 Å². The number of carbonyl (C=O) groups excluding carboxylic acids is 9. The van der Waals surface area contributed by atoms with Crippen LogP contribution in [0.1, 0.15) is 144 Å². The molecule has 0 aromatic heterocycles. The lowest BCUT2D eigenvalue weighted by Crippen LogP contribution is -2.54. The Morgan fingerprint density at radius 2 is 1.57 bits per heavy atom. The molecule has 88 heavy (non-hydrogen) atoms. The first-order chi connectivity index (χ1) is 41.9. The van der Waals surface area contributed by atoms with Crippen molar-refractivity contribution in [1.29, 1.82) is 0 Å². The van der Waals surface area contributed by atoms with E-state index in [9.17, 15) is 53.4 Å². The first kappa shape index (κ1) is 69.9. The number of urea groups is 1. The van der Waals surface area contributed by atoms with Crippen LogP contribution in [0.2, 0.25) is 0 Å². The van der Waals surface area contributed by atoms with E-state index < -0.39 is 78.2 Å². The SMILES string of the molecule is CC(=O)O[C@@H](C)/C=C\C(=O)N[C@@H]1C[C@H](C)[C@H](C/C=C(C)/C=C/[C@H]2O[C@H](CC(=O)NC3CCC(NC(=O)OCc4ccc(NC(=O)[C@H](CCCNC(N)=O)NC(=O)[C@@H](NC(=O)CCCCCN5C(=O)C=CC5O)C(C)C)cc4)CC3)C[C@@]3(CO3)[C@@H]2O)O[C@@H]1C. The van der Waals surface area contributed by atoms with E-state index in [0.29, 0.717) is 88.6 Å². The van der Waals surface area contributed by atoms with Crippen molar-refractivity contribution in [2.45, 2.75) is 224 Å². The standard InChI is InChI=1S/C63H93N9O16/c1-37(2)57(71-52(74)13-9-8-10-31-72-55(77)28-29-56(72)78)60(81)70-48(12-11-30-65-61(64)82)59(80)67-45-19-17-43(18-20-45)35-84-62(83)68-46-23-21-44(22-24-46)66-54(76)33-47-34-63(36-85-63)58(79)51(88-47)26-15-38(3)14-25-50-39(4)32-49(41(6)87-50)69-53(75)27-16-40(5)86-42(7)73/h14-20,26-29,37,39-41,44,46-51,55,57-58,77,79H,8-13,21-25,30-36H2,1-7H3,(H,66,76)(H,67,80)(H,68,83)(H,69,75)(H,70,81)(H,71,74)(H3,64,65,82)/b26-15+,27-16-,38-14+/t39-,40-,41+,44?,46?,47+,48-,49+,50-,51+,55?,57-,58+,63+/m0/s1. The van der Waals surface area contributed by atoms with E-state index >= 15 is 0 Å². The van der Waals surface area contributed by atoms with Gasteiger partial charge in [-0.2, -0.15) is 0 Å². The fourth-order valence-electron chi connectivity index (χ4n) is 11.3. The molecule has 1 aliphatic carbocycles. The normalized spacial score (nSPS) is 27.1. The van der Waals surface area contributed by atoms with Crippen LogP contribution in [0.25, 0.3) is 0 Å². The quantitative estimate of drug-likeness (QED) is 0.0171. The number of carbonyl (C=O) groups is 9. The number of aliphatic hydroxyl groups excluding tert-OH is 2. The summed E-state index contributed by atoms with van der Waals surface area (Å²) in [7, 11) is 0. The zero-order valence-corrected chi connectivity index (χ0v) is 51.8. The van der Waals surface area contributed by atoms with Gasteiger partial charge in [-0.05, 0) is 127 Å². The van der Waals surface area contributed by atoms with Gasteiger partial charge in [0.05, 0.1) is 37.4 Å². The van der Waals surface area contributed by atoms with Gasteiger partial charge in [0.2, 0.25) is 35.4 Å². The molecule has 1 aromatic carbocycles. The highest BCUT2D eigenvalue weighted by Gasteiger charge is 2.58. The molecule has 11 N–H and O–H groups in total. The monoisotopic (exact) mass is 1230 g/mol. The Labute approximate surface area is 515 Å². The molecular weight excluding hydrogens is 1140 g/mol. The summed E-state index contributed by atoms with van der Waals surface area (Å²) in [5.41, 5.74) is 6.45. The molecule has 486 valence electrons. The third kappa shape index (κ3) is 22.8. The molecule has 1 aromatic rings. The maximum Gasteiger partial charge on any atom is 0.407 e. The van der Waals surface area contributed by atoms with Crippen LogP contribution in [0.5, 0.6) is 0 Å². The molecule has 1 unspecified atom stereocenters. The number of ether oxygens (including phenoxy) is 5. The van der Waals surface area contributed by atoms with E-state index in [2.05, 4.69) is 50.2 Å². The fourth-order valence-corrected chi connectivity index (χ4v) is 11.3. The maximum absolute atomic E-state index is 13.7. The Bertz CT molecular complexity index is 2690. The number of alkyl carbamates (subject to hydrolysis) is 1. The number of amides is 9. The number of allylic oxidation sites excluding steroid dienone is 2. The van der Waals surface area contributed by atoms with Crippen LogP contribution in [0, 0.1) is 11.8 Å². The summed E-state index contributed by atoms with van der Waals surface area (Å²) >= 11 is 0. The maximum atomic E-state index is 13.7. The highest BCUT2D eigenvalue weighted by Crippen LogP contribution is 2.43. The van der Waals surface area contributed by atoms with Crippen molar-refractivity contribution in [3.8, 4) is 0 Å². The second-order valence-electron chi connectivity index (χ2n) is 24.3. The molecule has 4 aliphatic heterocycles. The molecule has 1 saturated carbocycles. The van der Waals surface area contributed by atoms with E-state index in [1.165, 1.54) is 36.1 Å². The summed E-state index contributed by atoms with van der Waals surface area (Å²) in [4.78, 5) is 115. The van der Waals surface area contributed by atoms with Crippen LogP contribution < -0.4 is 43.0 Å². The van der Waals surface area contributed by atoms with Crippen LogP contribution in [-0.2, 0) is 63.9 Å². The van der Waals surface area contributed by atoms with E-state index in [1.54, 1.807) is 45.0 Å². The third-order valence-corrected chi connectivity index (χ3v) is 16.5. The molecule has 6 rings (SSSR count). The average molecular weight is 1230 g/mol. The minimum absolute atomic E-state index is 0.0533. The van der Waals surface area contributed by atoms with Gasteiger partial charge in [-0.15, -0.1) is 0 Å². The van der Waals surface area contributed by atoms with E-state index in [-0.39, 0.29) is 98.2 Å². The van der Waals surface area contributed by atoms with Crippen molar-refractivity contribution in [3.63, 3.8) is 0 Å². The van der Waals surface area contributed by atoms with Gasteiger partial charge >= 0.3 is 18.1 Å². The molecule has 0 radical (unpaired) electrons. The molecule has 3 saturated heterocycles. The smallest absolute Gasteiger partial charge is 0.407 e. The summed E-state index contributed by atoms with van der Waals surface area (Å²) < 4.78 is 29.0. The number of aliphatic hydroxyl groups is 2. The number of nitrogens with one attached hydrogen (secondary N) is 7. The van der Waals surface area contributed by atoms with Crippen molar-refractivity contribution in [3.05, 3.63) is 77.9 Å². The molecule has 9 amide bonds.